The monoisotopic (exact) mass is 446 g/mol. The molecule has 0 saturated carbocycles. The summed E-state index contributed by atoms with van der Waals surface area (Å²) in [6, 6.07) is 5.03. The van der Waals surface area contributed by atoms with Gasteiger partial charge in [0.1, 0.15) is 17.9 Å². The van der Waals surface area contributed by atoms with E-state index in [4.69, 9.17) is 4.74 Å². The lowest BCUT2D eigenvalue weighted by Crippen LogP contribution is -2.54. The van der Waals surface area contributed by atoms with Crippen molar-refractivity contribution in [3.05, 3.63) is 42.2 Å². The van der Waals surface area contributed by atoms with Crippen LogP contribution in [0.1, 0.15) is 47.5 Å². The molecule has 2 atom stereocenters. The molecule has 0 spiro atoms. The molecule has 1 fully saturated rings. The number of anilines is 1. The van der Waals surface area contributed by atoms with Crippen molar-refractivity contribution >= 4 is 11.7 Å². The lowest BCUT2D eigenvalue weighted by atomic mass is 9.84. The first-order chi connectivity index (χ1) is 15.0. The molecule has 0 aliphatic carbocycles. The maximum atomic E-state index is 13.4. The van der Waals surface area contributed by atoms with Gasteiger partial charge < -0.3 is 14.5 Å². The minimum absolute atomic E-state index is 0.0450. The highest BCUT2D eigenvalue weighted by molar-refractivity contribution is 5.77. The van der Waals surface area contributed by atoms with Crippen LogP contribution in [0.15, 0.2) is 30.6 Å². The summed E-state index contributed by atoms with van der Waals surface area (Å²) < 4.78 is 32.1. The van der Waals surface area contributed by atoms with Gasteiger partial charge in [0.15, 0.2) is 11.6 Å². The fourth-order valence-electron chi connectivity index (χ4n) is 4.29. The normalized spacial score (nSPS) is 17.9. The van der Waals surface area contributed by atoms with Crippen LogP contribution < -0.4 is 9.64 Å². The van der Waals surface area contributed by atoms with Crippen molar-refractivity contribution in [3.8, 4) is 11.6 Å². The van der Waals surface area contributed by atoms with Gasteiger partial charge in [-0.1, -0.05) is 27.7 Å². The van der Waals surface area contributed by atoms with Crippen LogP contribution in [0.5, 0.6) is 11.6 Å². The number of ether oxygens (including phenoxy) is 1. The number of aromatic nitrogens is 2. The second kappa shape index (κ2) is 9.79. The average Bonchev–Trinajstić information content (AvgIpc) is 2.69. The van der Waals surface area contributed by atoms with E-state index >= 15 is 0 Å². The van der Waals surface area contributed by atoms with E-state index in [2.05, 4.69) is 42.6 Å². The highest BCUT2D eigenvalue weighted by atomic mass is 19.2. The Morgan fingerprint density at radius 3 is 2.59 bits per heavy atom. The molecule has 174 valence electrons. The summed E-state index contributed by atoms with van der Waals surface area (Å²) >= 11 is 0. The number of carbonyl (C=O) groups is 1. The zero-order valence-corrected chi connectivity index (χ0v) is 19.4. The van der Waals surface area contributed by atoms with E-state index in [9.17, 15) is 13.6 Å². The Hall–Kier alpha value is -2.77. The van der Waals surface area contributed by atoms with Gasteiger partial charge in [-0.2, -0.15) is 0 Å². The van der Waals surface area contributed by atoms with Crippen molar-refractivity contribution in [3.63, 3.8) is 0 Å². The fourth-order valence-corrected chi connectivity index (χ4v) is 4.29. The SMILES string of the molecule is C[C@@H](CC(=O)N1CCN(c2cc(Oc3ccc(F)c(F)c3)ncn2)C[C@H]1C)CC(C)(C)C. The molecule has 1 aromatic heterocycles. The van der Waals surface area contributed by atoms with Crippen LogP contribution in [0.25, 0.3) is 0 Å². The van der Waals surface area contributed by atoms with Crippen LogP contribution in [-0.2, 0) is 4.79 Å². The molecule has 0 unspecified atom stereocenters. The number of hydrogen-bond donors (Lipinski definition) is 0. The topological polar surface area (TPSA) is 58.6 Å². The minimum Gasteiger partial charge on any atom is -0.439 e. The highest BCUT2D eigenvalue weighted by Crippen LogP contribution is 2.28. The summed E-state index contributed by atoms with van der Waals surface area (Å²) in [5.41, 5.74) is 0.205. The number of rotatable bonds is 6. The molecule has 2 aromatic rings. The van der Waals surface area contributed by atoms with E-state index in [0.29, 0.717) is 37.8 Å². The van der Waals surface area contributed by atoms with Crippen molar-refractivity contribution in [2.75, 3.05) is 24.5 Å². The van der Waals surface area contributed by atoms with Crippen LogP contribution >= 0.6 is 0 Å². The Morgan fingerprint density at radius 1 is 1.19 bits per heavy atom. The van der Waals surface area contributed by atoms with Crippen molar-refractivity contribution in [1.82, 2.24) is 14.9 Å². The van der Waals surface area contributed by atoms with Gasteiger partial charge in [-0.25, -0.2) is 18.7 Å². The van der Waals surface area contributed by atoms with E-state index in [0.717, 1.165) is 18.6 Å². The van der Waals surface area contributed by atoms with Gasteiger partial charge in [0, 0.05) is 44.2 Å². The van der Waals surface area contributed by atoms with Crippen molar-refractivity contribution in [2.45, 2.75) is 53.5 Å². The van der Waals surface area contributed by atoms with Crippen LogP contribution in [0.3, 0.4) is 0 Å². The third-order valence-corrected chi connectivity index (χ3v) is 5.50. The third kappa shape index (κ3) is 6.37. The Morgan fingerprint density at radius 2 is 1.94 bits per heavy atom. The number of hydrogen-bond acceptors (Lipinski definition) is 5. The summed E-state index contributed by atoms with van der Waals surface area (Å²) in [6.07, 6.45) is 2.94. The van der Waals surface area contributed by atoms with E-state index in [1.807, 2.05) is 11.8 Å². The maximum Gasteiger partial charge on any atom is 0.224 e. The average molecular weight is 447 g/mol. The first-order valence-corrected chi connectivity index (χ1v) is 11.0. The molecular weight excluding hydrogens is 414 g/mol. The molecule has 1 amide bonds. The zero-order chi connectivity index (χ0) is 23.5. The molecule has 3 rings (SSSR count). The van der Waals surface area contributed by atoms with Crippen molar-refractivity contribution in [2.24, 2.45) is 11.3 Å². The largest absolute Gasteiger partial charge is 0.439 e. The summed E-state index contributed by atoms with van der Waals surface area (Å²) in [5.74, 6) is -0.329. The molecule has 1 aliphatic heterocycles. The molecule has 2 heterocycles. The predicted molar refractivity (Wildman–Crippen MR) is 120 cm³/mol. The third-order valence-electron chi connectivity index (χ3n) is 5.50. The Balaban J connectivity index is 1.60. The van der Waals surface area contributed by atoms with E-state index < -0.39 is 11.6 Å². The second-order valence-electron chi connectivity index (χ2n) is 9.85. The van der Waals surface area contributed by atoms with Crippen LogP contribution in [0.2, 0.25) is 0 Å². The van der Waals surface area contributed by atoms with Crippen LogP contribution in [-0.4, -0.2) is 46.5 Å². The summed E-state index contributed by atoms with van der Waals surface area (Å²) in [6.45, 7) is 12.7. The second-order valence-corrected chi connectivity index (χ2v) is 9.85. The van der Waals surface area contributed by atoms with Gasteiger partial charge in [0.25, 0.3) is 0 Å². The quantitative estimate of drug-likeness (QED) is 0.622. The first-order valence-electron chi connectivity index (χ1n) is 11.0. The summed E-state index contributed by atoms with van der Waals surface area (Å²) in [5, 5.41) is 0. The van der Waals surface area contributed by atoms with Gasteiger partial charge in [0.05, 0.1) is 0 Å². The molecule has 6 nitrogen and oxygen atoms in total. The van der Waals surface area contributed by atoms with E-state index in [1.54, 1.807) is 6.07 Å². The molecule has 1 saturated heterocycles. The molecule has 0 radical (unpaired) electrons. The number of benzene rings is 1. The van der Waals surface area contributed by atoms with Gasteiger partial charge in [0.2, 0.25) is 11.8 Å². The number of halogens is 2. The Kier molecular flexibility index (Phi) is 7.31. The van der Waals surface area contributed by atoms with Gasteiger partial charge in [-0.15, -0.1) is 0 Å². The highest BCUT2D eigenvalue weighted by Gasteiger charge is 2.29. The standard InChI is InChI=1S/C24H32F2N4O2/c1-16(13-24(3,4)5)10-23(31)30-9-8-29(14-17(30)2)21-12-22(28-15-27-21)32-18-6-7-19(25)20(26)11-18/h6-7,11-12,15-17H,8-10,13-14H2,1-5H3/t16-,17+/m0/s1. The first kappa shape index (κ1) is 23.9. The fraction of sp³-hybridized carbons (Fsp3) is 0.542. The molecule has 0 N–H and O–H groups in total. The Bertz CT molecular complexity index is 948. The molecule has 32 heavy (non-hydrogen) atoms. The molecule has 1 aliphatic rings. The smallest absolute Gasteiger partial charge is 0.224 e. The Labute approximate surface area is 188 Å². The summed E-state index contributed by atoms with van der Waals surface area (Å²) in [7, 11) is 0. The maximum absolute atomic E-state index is 13.4. The molecular formula is C24H32F2N4O2. The lowest BCUT2D eigenvalue weighted by Gasteiger charge is -2.41. The summed E-state index contributed by atoms with van der Waals surface area (Å²) in [4.78, 5) is 25.3. The number of carbonyl (C=O) groups excluding carboxylic acids is 1. The van der Waals surface area contributed by atoms with Crippen molar-refractivity contribution < 1.29 is 18.3 Å². The molecule has 1 aromatic carbocycles. The number of nitrogens with zero attached hydrogens (tertiary/aromatic N) is 4. The lowest BCUT2D eigenvalue weighted by molar-refractivity contribution is -0.134. The van der Waals surface area contributed by atoms with Gasteiger partial charge >= 0.3 is 0 Å². The molecule has 0 bridgehead atoms. The minimum atomic E-state index is -0.983. The number of piperazine rings is 1. The van der Waals surface area contributed by atoms with Gasteiger partial charge in [-0.3, -0.25) is 4.79 Å². The van der Waals surface area contributed by atoms with E-state index in [-0.39, 0.29) is 29.0 Å². The molecule has 8 heteroatoms. The number of amides is 1. The zero-order valence-electron chi connectivity index (χ0n) is 19.4. The van der Waals surface area contributed by atoms with E-state index in [1.165, 1.54) is 12.4 Å². The van der Waals surface area contributed by atoms with Crippen LogP contribution in [0, 0.1) is 23.0 Å². The van der Waals surface area contributed by atoms with Crippen LogP contribution in [0.4, 0.5) is 14.6 Å². The predicted octanol–water partition coefficient (Wildman–Crippen LogP) is 5.05. The van der Waals surface area contributed by atoms with Gasteiger partial charge in [-0.05, 0) is 36.8 Å². The van der Waals surface area contributed by atoms with Crippen molar-refractivity contribution in [1.29, 1.82) is 0 Å².